The molecule has 1 aromatic rings. The minimum atomic E-state index is -0.911. The van der Waals surface area contributed by atoms with Gasteiger partial charge in [0.1, 0.15) is 5.82 Å². The molecule has 4 nitrogen and oxygen atoms in total. The lowest BCUT2D eigenvalue weighted by atomic mass is 10.2. The van der Waals surface area contributed by atoms with Crippen LogP contribution in [-0.2, 0) is 0 Å². The first-order chi connectivity index (χ1) is 7.04. The zero-order valence-corrected chi connectivity index (χ0v) is 9.32. The van der Waals surface area contributed by atoms with Crippen molar-refractivity contribution in [3.05, 3.63) is 23.4 Å². The van der Waals surface area contributed by atoms with Crippen molar-refractivity contribution in [2.45, 2.75) is 20.3 Å². The van der Waals surface area contributed by atoms with Crippen molar-refractivity contribution in [3.63, 3.8) is 0 Å². The quantitative estimate of drug-likeness (QED) is 0.821. The second-order valence-corrected chi connectivity index (χ2v) is 3.58. The molecule has 0 atom stereocenters. The number of carboxylic acid groups (broad SMARTS) is 1. The molecule has 0 aliphatic carbocycles. The van der Waals surface area contributed by atoms with Gasteiger partial charge >= 0.3 is 5.97 Å². The summed E-state index contributed by atoms with van der Waals surface area (Å²) in [6.07, 6.45) is 1.01. The van der Waals surface area contributed by atoms with Crippen molar-refractivity contribution in [2.24, 2.45) is 0 Å². The van der Waals surface area contributed by atoms with Gasteiger partial charge in [0.15, 0.2) is 0 Å². The van der Waals surface area contributed by atoms with Crippen molar-refractivity contribution in [2.75, 3.05) is 18.5 Å². The maximum absolute atomic E-state index is 10.8. The number of aromatic carboxylic acids is 1. The third kappa shape index (κ3) is 2.94. The van der Waals surface area contributed by atoms with Crippen LogP contribution in [0.1, 0.15) is 29.4 Å². The zero-order valence-electron chi connectivity index (χ0n) is 9.32. The maximum Gasteiger partial charge on any atom is 0.335 e. The third-order valence-electron chi connectivity index (χ3n) is 2.14. The Morgan fingerprint density at radius 3 is 2.73 bits per heavy atom. The lowest BCUT2D eigenvalue weighted by molar-refractivity contribution is 0.0696. The summed E-state index contributed by atoms with van der Waals surface area (Å²) < 4.78 is 0. The number of pyridine rings is 1. The molecule has 4 heteroatoms. The smallest absolute Gasteiger partial charge is 0.335 e. The van der Waals surface area contributed by atoms with Gasteiger partial charge in [0.2, 0.25) is 0 Å². The Balaban J connectivity index is 3.03. The van der Waals surface area contributed by atoms with Crippen molar-refractivity contribution >= 4 is 11.8 Å². The van der Waals surface area contributed by atoms with E-state index in [2.05, 4.69) is 11.9 Å². The Morgan fingerprint density at radius 1 is 1.53 bits per heavy atom. The van der Waals surface area contributed by atoms with Gasteiger partial charge in [-0.1, -0.05) is 6.92 Å². The van der Waals surface area contributed by atoms with Gasteiger partial charge in [0.05, 0.1) is 5.56 Å². The SMILES string of the molecule is CCCN(C)c1cc(C(=O)O)cc(C)n1. The minimum absolute atomic E-state index is 0.292. The molecule has 0 spiro atoms. The summed E-state index contributed by atoms with van der Waals surface area (Å²) in [5.41, 5.74) is 1.02. The number of nitrogens with zero attached hydrogens (tertiary/aromatic N) is 2. The number of aryl methyl sites for hydroxylation is 1. The molecule has 0 saturated carbocycles. The zero-order chi connectivity index (χ0) is 11.4. The van der Waals surface area contributed by atoms with E-state index in [4.69, 9.17) is 5.11 Å². The number of aromatic nitrogens is 1. The molecule has 0 fully saturated rings. The summed E-state index contributed by atoms with van der Waals surface area (Å²) in [7, 11) is 1.91. The van der Waals surface area contributed by atoms with E-state index in [9.17, 15) is 4.79 Å². The lowest BCUT2D eigenvalue weighted by Crippen LogP contribution is -2.19. The molecule has 0 aliphatic heterocycles. The Morgan fingerprint density at radius 2 is 2.20 bits per heavy atom. The predicted molar refractivity (Wildman–Crippen MR) is 59.5 cm³/mol. The topological polar surface area (TPSA) is 53.4 Å². The summed E-state index contributed by atoms with van der Waals surface area (Å²) in [6, 6.07) is 3.18. The summed E-state index contributed by atoms with van der Waals surface area (Å²) in [5, 5.41) is 8.90. The van der Waals surface area contributed by atoms with E-state index >= 15 is 0 Å². The molecular weight excluding hydrogens is 192 g/mol. The van der Waals surface area contributed by atoms with E-state index in [1.165, 1.54) is 0 Å². The second kappa shape index (κ2) is 4.77. The van der Waals surface area contributed by atoms with Gasteiger partial charge < -0.3 is 10.0 Å². The van der Waals surface area contributed by atoms with Crippen molar-refractivity contribution in [1.29, 1.82) is 0 Å². The Hall–Kier alpha value is -1.58. The monoisotopic (exact) mass is 208 g/mol. The lowest BCUT2D eigenvalue weighted by Gasteiger charge is -2.17. The largest absolute Gasteiger partial charge is 0.478 e. The van der Waals surface area contributed by atoms with E-state index in [1.54, 1.807) is 19.1 Å². The molecule has 0 unspecified atom stereocenters. The summed E-state index contributed by atoms with van der Waals surface area (Å²) >= 11 is 0. The first-order valence-electron chi connectivity index (χ1n) is 4.97. The van der Waals surface area contributed by atoms with Gasteiger partial charge in [-0.3, -0.25) is 0 Å². The Bertz CT molecular complexity index is 364. The van der Waals surface area contributed by atoms with Gasteiger partial charge in [0, 0.05) is 19.3 Å². The number of rotatable bonds is 4. The molecule has 0 radical (unpaired) electrons. The number of hydrogen-bond donors (Lipinski definition) is 1. The Kier molecular flexibility index (Phi) is 3.66. The molecule has 0 bridgehead atoms. The normalized spacial score (nSPS) is 10.1. The van der Waals surface area contributed by atoms with Crippen LogP contribution in [0.2, 0.25) is 0 Å². The van der Waals surface area contributed by atoms with Crippen LogP contribution in [0.25, 0.3) is 0 Å². The van der Waals surface area contributed by atoms with Crippen LogP contribution in [0.3, 0.4) is 0 Å². The first kappa shape index (κ1) is 11.5. The molecule has 1 heterocycles. The number of carboxylic acids is 1. The van der Waals surface area contributed by atoms with Crippen LogP contribution in [0, 0.1) is 6.92 Å². The number of anilines is 1. The fourth-order valence-corrected chi connectivity index (χ4v) is 1.42. The molecule has 0 saturated heterocycles. The molecular formula is C11H16N2O2. The molecule has 0 amide bonds. The highest BCUT2D eigenvalue weighted by atomic mass is 16.4. The van der Waals surface area contributed by atoms with Gasteiger partial charge in [-0.2, -0.15) is 0 Å². The van der Waals surface area contributed by atoms with Crippen LogP contribution in [0.15, 0.2) is 12.1 Å². The van der Waals surface area contributed by atoms with E-state index < -0.39 is 5.97 Å². The molecule has 0 aliphatic rings. The molecule has 82 valence electrons. The average molecular weight is 208 g/mol. The van der Waals surface area contributed by atoms with Crippen LogP contribution in [-0.4, -0.2) is 29.7 Å². The van der Waals surface area contributed by atoms with Crippen LogP contribution in [0.5, 0.6) is 0 Å². The third-order valence-corrected chi connectivity index (χ3v) is 2.14. The molecule has 0 aromatic carbocycles. The van der Waals surface area contributed by atoms with E-state index in [-0.39, 0.29) is 0 Å². The van der Waals surface area contributed by atoms with E-state index in [0.29, 0.717) is 11.4 Å². The predicted octanol–water partition coefficient (Wildman–Crippen LogP) is 1.93. The van der Waals surface area contributed by atoms with E-state index in [0.717, 1.165) is 18.7 Å². The van der Waals surface area contributed by atoms with E-state index in [1.807, 2.05) is 11.9 Å². The van der Waals surface area contributed by atoms with Crippen molar-refractivity contribution < 1.29 is 9.90 Å². The minimum Gasteiger partial charge on any atom is -0.478 e. The van der Waals surface area contributed by atoms with Gasteiger partial charge in [0.25, 0.3) is 0 Å². The Labute approximate surface area is 89.6 Å². The van der Waals surface area contributed by atoms with Crippen LogP contribution in [0.4, 0.5) is 5.82 Å². The molecule has 15 heavy (non-hydrogen) atoms. The van der Waals surface area contributed by atoms with Gasteiger partial charge in [-0.15, -0.1) is 0 Å². The first-order valence-corrected chi connectivity index (χ1v) is 4.97. The molecule has 1 rings (SSSR count). The van der Waals surface area contributed by atoms with Gasteiger partial charge in [-0.25, -0.2) is 9.78 Å². The second-order valence-electron chi connectivity index (χ2n) is 3.58. The maximum atomic E-state index is 10.8. The number of hydrogen-bond acceptors (Lipinski definition) is 3. The highest BCUT2D eigenvalue weighted by molar-refractivity contribution is 5.88. The van der Waals surface area contributed by atoms with Crippen LogP contribution >= 0.6 is 0 Å². The van der Waals surface area contributed by atoms with Gasteiger partial charge in [-0.05, 0) is 25.5 Å². The summed E-state index contributed by atoms with van der Waals surface area (Å²) in [6.45, 7) is 4.75. The summed E-state index contributed by atoms with van der Waals surface area (Å²) in [4.78, 5) is 17.1. The van der Waals surface area contributed by atoms with Crippen molar-refractivity contribution in [1.82, 2.24) is 4.98 Å². The molecule has 1 N–H and O–H groups in total. The summed E-state index contributed by atoms with van der Waals surface area (Å²) in [5.74, 6) is -0.194. The van der Waals surface area contributed by atoms with Crippen molar-refractivity contribution in [3.8, 4) is 0 Å². The highest BCUT2D eigenvalue weighted by Crippen LogP contribution is 2.13. The van der Waals surface area contributed by atoms with Crippen LogP contribution < -0.4 is 4.90 Å². The fraction of sp³-hybridized carbons (Fsp3) is 0.455. The standard InChI is InChI=1S/C11H16N2O2/c1-4-5-13(3)10-7-9(11(14)15)6-8(2)12-10/h6-7H,4-5H2,1-3H3,(H,14,15). The molecule has 1 aromatic heterocycles. The number of carbonyl (C=O) groups is 1. The highest BCUT2D eigenvalue weighted by Gasteiger charge is 2.08. The average Bonchev–Trinajstić information content (AvgIpc) is 2.17. The fourth-order valence-electron chi connectivity index (χ4n) is 1.42.